The molecule has 3 heteroatoms. The number of benzene rings is 3. The van der Waals surface area contributed by atoms with Crippen LogP contribution in [-0.2, 0) is 22.0 Å². The molecule has 1 heterocycles. The van der Waals surface area contributed by atoms with Crippen LogP contribution in [0.2, 0.25) is 0 Å². The summed E-state index contributed by atoms with van der Waals surface area (Å²) >= 11 is 0. The van der Waals surface area contributed by atoms with E-state index in [0.29, 0.717) is 0 Å². The molecule has 0 N–H and O–H groups in total. The SMILES string of the molecule is COC(=O)C1(c2ccccc2)c2ccccc2-c2c1c1ccccc1n2C. The molecule has 0 amide bonds. The van der Waals surface area contributed by atoms with Gasteiger partial charge in [-0.25, -0.2) is 0 Å². The molecule has 0 saturated carbocycles. The number of para-hydroxylation sites is 1. The second kappa shape index (κ2) is 5.58. The molecule has 0 radical (unpaired) electrons. The molecular formula is C24H19NO2. The summed E-state index contributed by atoms with van der Waals surface area (Å²) in [4.78, 5) is 13.5. The highest BCUT2D eigenvalue weighted by Gasteiger charge is 2.54. The van der Waals surface area contributed by atoms with Crippen molar-refractivity contribution in [3.63, 3.8) is 0 Å². The Bertz CT molecular complexity index is 1190. The number of esters is 1. The van der Waals surface area contributed by atoms with Gasteiger partial charge in [0.15, 0.2) is 0 Å². The molecule has 1 unspecified atom stereocenters. The summed E-state index contributed by atoms with van der Waals surface area (Å²) in [6.45, 7) is 0. The van der Waals surface area contributed by atoms with E-state index in [4.69, 9.17) is 4.74 Å². The molecule has 0 bridgehead atoms. The standard InChI is InChI=1S/C24H19NO2/c1-25-20-15-9-7-13-18(20)21-22(25)17-12-6-8-14-19(17)24(21,23(26)27-2)16-10-4-3-5-11-16/h3-15H,1-2H3. The zero-order chi connectivity index (χ0) is 18.6. The first kappa shape index (κ1) is 15.9. The van der Waals surface area contributed by atoms with E-state index < -0.39 is 5.41 Å². The van der Waals surface area contributed by atoms with Gasteiger partial charge in [0, 0.05) is 29.1 Å². The van der Waals surface area contributed by atoms with Gasteiger partial charge in [-0.2, -0.15) is 0 Å². The minimum atomic E-state index is -0.969. The van der Waals surface area contributed by atoms with Gasteiger partial charge >= 0.3 is 5.97 Å². The van der Waals surface area contributed by atoms with Crippen molar-refractivity contribution in [1.82, 2.24) is 4.57 Å². The molecule has 0 aliphatic heterocycles. The van der Waals surface area contributed by atoms with Crippen LogP contribution in [0.25, 0.3) is 22.2 Å². The average molecular weight is 353 g/mol. The quantitative estimate of drug-likeness (QED) is 0.491. The van der Waals surface area contributed by atoms with Crippen LogP contribution >= 0.6 is 0 Å². The monoisotopic (exact) mass is 353 g/mol. The molecule has 132 valence electrons. The Kier molecular flexibility index (Phi) is 3.28. The van der Waals surface area contributed by atoms with Gasteiger partial charge in [0.1, 0.15) is 5.41 Å². The third-order valence-electron chi connectivity index (χ3n) is 5.77. The number of aryl methyl sites for hydroxylation is 1. The summed E-state index contributed by atoms with van der Waals surface area (Å²) in [6.07, 6.45) is 0. The maximum atomic E-state index is 13.5. The van der Waals surface area contributed by atoms with Crippen LogP contribution in [0.15, 0.2) is 78.9 Å². The van der Waals surface area contributed by atoms with E-state index in [1.165, 1.54) is 7.11 Å². The van der Waals surface area contributed by atoms with Crippen molar-refractivity contribution in [2.45, 2.75) is 5.41 Å². The Morgan fingerprint density at radius 3 is 2.33 bits per heavy atom. The van der Waals surface area contributed by atoms with Crippen LogP contribution in [0.3, 0.4) is 0 Å². The fraction of sp³-hybridized carbons (Fsp3) is 0.125. The summed E-state index contributed by atoms with van der Waals surface area (Å²) in [6, 6.07) is 26.4. The Morgan fingerprint density at radius 1 is 0.889 bits per heavy atom. The molecule has 1 atom stereocenters. The third kappa shape index (κ3) is 1.83. The minimum absolute atomic E-state index is 0.253. The van der Waals surface area contributed by atoms with Gasteiger partial charge < -0.3 is 9.30 Å². The lowest BCUT2D eigenvalue weighted by Gasteiger charge is -2.29. The molecule has 0 saturated heterocycles. The molecule has 0 spiro atoms. The minimum Gasteiger partial charge on any atom is -0.468 e. The summed E-state index contributed by atoms with van der Waals surface area (Å²) in [5.74, 6) is -0.253. The predicted octanol–water partition coefficient (Wildman–Crippen LogP) is 4.67. The van der Waals surface area contributed by atoms with E-state index in [1.807, 2.05) is 60.7 Å². The normalized spacial score (nSPS) is 17.6. The second-order valence-electron chi connectivity index (χ2n) is 6.95. The Morgan fingerprint density at radius 2 is 1.56 bits per heavy atom. The molecule has 1 aliphatic carbocycles. The molecule has 4 aromatic rings. The molecular weight excluding hydrogens is 334 g/mol. The summed E-state index contributed by atoms with van der Waals surface area (Å²) in [7, 11) is 3.54. The molecule has 3 nitrogen and oxygen atoms in total. The van der Waals surface area contributed by atoms with E-state index in [0.717, 1.165) is 38.9 Å². The van der Waals surface area contributed by atoms with Gasteiger partial charge in [0.05, 0.1) is 12.8 Å². The first-order valence-corrected chi connectivity index (χ1v) is 9.03. The van der Waals surface area contributed by atoms with Crippen molar-refractivity contribution in [3.8, 4) is 11.3 Å². The van der Waals surface area contributed by atoms with Crippen molar-refractivity contribution in [1.29, 1.82) is 0 Å². The second-order valence-corrected chi connectivity index (χ2v) is 6.95. The topological polar surface area (TPSA) is 31.2 Å². The van der Waals surface area contributed by atoms with Gasteiger partial charge in [-0.15, -0.1) is 0 Å². The average Bonchev–Trinajstić information content (AvgIpc) is 3.20. The van der Waals surface area contributed by atoms with Crippen LogP contribution in [0.5, 0.6) is 0 Å². The van der Waals surface area contributed by atoms with Crippen LogP contribution in [-0.4, -0.2) is 17.6 Å². The lowest BCUT2D eigenvalue weighted by molar-refractivity contribution is -0.144. The highest BCUT2D eigenvalue weighted by Crippen LogP contribution is 2.56. The number of hydrogen-bond acceptors (Lipinski definition) is 2. The summed E-state index contributed by atoms with van der Waals surface area (Å²) in [5.41, 5.74) is 5.24. The largest absolute Gasteiger partial charge is 0.468 e. The number of rotatable bonds is 2. The highest BCUT2D eigenvalue weighted by molar-refractivity contribution is 6.08. The molecule has 5 rings (SSSR count). The van der Waals surface area contributed by atoms with E-state index in [1.54, 1.807) is 0 Å². The lowest BCUT2D eigenvalue weighted by Crippen LogP contribution is -2.37. The predicted molar refractivity (Wildman–Crippen MR) is 107 cm³/mol. The van der Waals surface area contributed by atoms with E-state index in [-0.39, 0.29) is 5.97 Å². The maximum absolute atomic E-state index is 13.5. The zero-order valence-electron chi connectivity index (χ0n) is 15.3. The van der Waals surface area contributed by atoms with Crippen LogP contribution in [0.4, 0.5) is 0 Å². The highest BCUT2D eigenvalue weighted by atomic mass is 16.5. The van der Waals surface area contributed by atoms with Crippen molar-refractivity contribution >= 4 is 16.9 Å². The molecule has 27 heavy (non-hydrogen) atoms. The number of hydrogen-bond donors (Lipinski definition) is 0. The molecule has 1 aromatic heterocycles. The molecule has 3 aromatic carbocycles. The number of aromatic nitrogens is 1. The van der Waals surface area contributed by atoms with E-state index >= 15 is 0 Å². The summed E-state index contributed by atoms with van der Waals surface area (Å²) < 4.78 is 7.61. The number of ether oxygens (including phenoxy) is 1. The fourth-order valence-electron chi connectivity index (χ4n) is 4.71. The number of nitrogens with zero attached hydrogens (tertiary/aromatic N) is 1. The van der Waals surface area contributed by atoms with E-state index in [2.05, 4.69) is 29.8 Å². The Hall–Kier alpha value is -3.33. The van der Waals surface area contributed by atoms with Gasteiger partial charge in [-0.05, 0) is 17.2 Å². The van der Waals surface area contributed by atoms with Gasteiger partial charge in [0.2, 0.25) is 0 Å². The van der Waals surface area contributed by atoms with Gasteiger partial charge in [-0.3, -0.25) is 4.79 Å². The zero-order valence-corrected chi connectivity index (χ0v) is 15.3. The summed E-state index contributed by atoms with van der Waals surface area (Å²) in [5, 5.41) is 1.08. The van der Waals surface area contributed by atoms with Gasteiger partial charge in [-0.1, -0.05) is 72.8 Å². The van der Waals surface area contributed by atoms with Crippen LogP contribution < -0.4 is 0 Å². The van der Waals surface area contributed by atoms with Gasteiger partial charge in [0.25, 0.3) is 0 Å². The fourth-order valence-corrected chi connectivity index (χ4v) is 4.71. The molecule has 1 aliphatic rings. The smallest absolute Gasteiger partial charge is 0.325 e. The number of carbonyl (C=O) groups excluding carboxylic acids is 1. The molecule has 0 fully saturated rings. The van der Waals surface area contributed by atoms with Crippen molar-refractivity contribution < 1.29 is 9.53 Å². The number of methoxy groups -OCH3 is 1. The number of carbonyl (C=O) groups is 1. The number of fused-ring (bicyclic) bond motifs is 5. The van der Waals surface area contributed by atoms with Crippen molar-refractivity contribution in [2.24, 2.45) is 7.05 Å². The Labute approximate surface area is 157 Å². The van der Waals surface area contributed by atoms with Crippen LogP contribution in [0.1, 0.15) is 16.7 Å². The first-order valence-electron chi connectivity index (χ1n) is 9.03. The lowest BCUT2D eigenvalue weighted by atomic mass is 9.72. The third-order valence-corrected chi connectivity index (χ3v) is 5.77. The van der Waals surface area contributed by atoms with Crippen molar-refractivity contribution in [2.75, 3.05) is 7.11 Å². The van der Waals surface area contributed by atoms with Crippen molar-refractivity contribution in [3.05, 3.63) is 95.6 Å². The van der Waals surface area contributed by atoms with E-state index in [9.17, 15) is 4.79 Å². The first-order chi connectivity index (χ1) is 13.2. The Balaban J connectivity index is 2.05. The maximum Gasteiger partial charge on any atom is 0.325 e. The van der Waals surface area contributed by atoms with Crippen LogP contribution in [0, 0.1) is 0 Å².